The molecule has 0 bridgehead atoms. The molecule has 0 saturated heterocycles. The van der Waals surface area contributed by atoms with E-state index in [2.05, 4.69) is 35.3 Å². The van der Waals surface area contributed by atoms with Gasteiger partial charge in [0.2, 0.25) is 5.95 Å². The molecule has 0 spiro atoms. The molecule has 4 heterocycles. The Morgan fingerprint density at radius 1 is 1.11 bits per heavy atom. The van der Waals surface area contributed by atoms with Crippen LogP contribution in [-0.2, 0) is 0 Å². The zero-order valence-electron chi connectivity index (χ0n) is 18.5. The van der Waals surface area contributed by atoms with Gasteiger partial charge in [0.15, 0.2) is 17.3 Å². The number of halogens is 3. The van der Waals surface area contributed by atoms with E-state index in [0.717, 1.165) is 0 Å². The molecule has 0 aliphatic carbocycles. The second kappa shape index (κ2) is 9.00. The van der Waals surface area contributed by atoms with Gasteiger partial charge in [0.1, 0.15) is 35.2 Å². The molecule has 5 aromatic rings. The number of rotatable bonds is 7. The largest absolute Gasteiger partial charge is 0.457 e. The summed E-state index contributed by atoms with van der Waals surface area (Å²) in [5, 5.41) is 6.94. The Labute approximate surface area is 196 Å². The van der Waals surface area contributed by atoms with Gasteiger partial charge in [0, 0.05) is 24.9 Å². The number of aromatic nitrogens is 7. The molecule has 0 radical (unpaired) electrons. The Balaban J connectivity index is 1.43. The average Bonchev–Trinajstić information content (AvgIpc) is 3.31. The quantitative estimate of drug-likeness (QED) is 0.367. The van der Waals surface area contributed by atoms with Crippen LogP contribution in [0.15, 0.2) is 49.3 Å². The van der Waals surface area contributed by atoms with Crippen molar-refractivity contribution in [2.75, 3.05) is 23.8 Å². The van der Waals surface area contributed by atoms with Gasteiger partial charge in [0.25, 0.3) is 6.43 Å². The predicted molar refractivity (Wildman–Crippen MR) is 122 cm³/mol. The lowest BCUT2D eigenvalue weighted by Crippen LogP contribution is -2.25. The van der Waals surface area contributed by atoms with Gasteiger partial charge in [-0.3, -0.25) is 0 Å². The Morgan fingerprint density at radius 2 is 1.97 bits per heavy atom. The van der Waals surface area contributed by atoms with Crippen LogP contribution in [0.2, 0.25) is 0 Å². The molecule has 35 heavy (non-hydrogen) atoms. The van der Waals surface area contributed by atoms with Gasteiger partial charge >= 0.3 is 0 Å². The molecular formula is C22H18F3N9O. The highest BCUT2D eigenvalue weighted by molar-refractivity contribution is 5.87. The number of pyridine rings is 1. The lowest BCUT2D eigenvalue weighted by Gasteiger charge is -2.17. The van der Waals surface area contributed by atoms with E-state index in [1.807, 2.05) is 0 Å². The van der Waals surface area contributed by atoms with Crippen molar-refractivity contribution in [1.82, 2.24) is 34.5 Å². The second-order valence-corrected chi connectivity index (χ2v) is 7.60. The van der Waals surface area contributed by atoms with E-state index in [1.54, 1.807) is 35.8 Å². The van der Waals surface area contributed by atoms with E-state index >= 15 is 4.39 Å². The van der Waals surface area contributed by atoms with Gasteiger partial charge in [0.05, 0.1) is 18.4 Å². The molecule has 10 nitrogen and oxygen atoms in total. The molecule has 1 aromatic carbocycles. The average molecular weight is 481 g/mol. The molecule has 178 valence electrons. The third kappa shape index (κ3) is 4.47. The van der Waals surface area contributed by atoms with Crippen LogP contribution >= 0.6 is 0 Å². The summed E-state index contributed by atoms with van der Waals surface area (Å²) >= 11 is 0. The maximum atomic E-state index is 15.3. The first-order chi connectivity index (χ1) is 16.9. The number of nitrogens with one attached hydrogen (secondary N) is 1. The van der Waals surface area contributed by atoms with Crippen molar-refractivity contribution in [1.29, 1.82) is 0 Å². The van der Waals surface area contributed by atoms with E-state index in [4.69, 9.17) is 4.74 Å². The number of fused-ring (bicyclic) bond motifs is 2. The normalized spacial score (nSPS) is 11.4. The van der Waals surface area contributed by atoms with Crippen LogP contribution in [0.1, 0.15) is 5.56 Å². The van der Waals surface area contributed by atoms with Crippen molar-refractivity contribution >= 4 is 34.1 Å². The number of anilines is 3. The highest BCUT2D eigenvalue weighted by Gasteiger charge is 2.17. The van der Waals surface area contributed by atoms with Gasteiger partial charge in [-0.25, -0.2) is 42.6 Å². The van der Waals surface area contributed by atoms with E-state index in [0.29, 0.717) is 22.7 Å². The summed E-state index contributed by atoms with van der Waals surface area (Å²) in [6, 6.07) is 6.51. The van der Waals surface area contributed by atoms with E-state index in [9.17, 15) is 8.78 Å². The number of ether oxygens (including phenoxy) is 1. The molecule has 0 atom stereocenters. The van der Waals surface area contributed by atoms with Crippen LogP contribution in [0.4, 0.5) is 30.6 Å². The highest BCUT2D eigenvalue weighted by atomic mass is 19.3. The molecule has 0 amide bonds. The van der Waals surface area contributed by atoms with E-state index in [-0.39, 0.29) is 28.5 Å². The topological polar surface area (TPSA) is 106 Å². The Kier molecular flexibility index (Phi) is 5.73. The molecule has 0 fully saturated rings. The van der Waals surface area contributed by atoms with Gasteiger partial charge in [-0.15, -0.1) is 0 Å². The van der Waals surface area contributed by atoms with E-state index < -0.39 is 18.8 Å². The molecule has 5 rings (SSSR count). The molecule has 4 aromatic heterocycles. The fraction of sp³-hybridized carbons (Fsp3) is 0.182. The monoisotopic (exact) mass is 481 g/mol. The first-order valence-corrected chi connectivity index (χ1v) is 10.4. The summed E-state index contributed by atoms with van der Waals surface area (Å²) in [6.45, 7) is 1.05. The van der Waals surface area contributed by atoms with Crippen molar-refractivity contribution < 1.29 is 17.9 Å². The number of nitrogens with zero attached hydrogens (tertiary/aromatic N) is 8. The molecular weight excluding hydrogens is 463 g/mol. The third-order valence-corrected chi connectivity index (χ3v) is 5.19. The standard InChI is InChI=1S/C22H18F3N9O/c1-12-16(35-13-5-6-34-18(7-13)28-11-30-34)4-3-14(19(12)25)31-21-20-15(27-10-29-21)8-26-22(32-20)33(2)9-17(23)24/h3-8,10-11,17H,9H2,1-2H3,(H,27,29,31). The molecule has 0 aliphatic rings. The van der Waals surface area contributed by atoms with Crippen LogP contribution in [-0.4, -0.2) is 54.6 Å². The summed E-state index contributed by atoms with van der Waals surface area (Å²) in [5.41, 5.74) is 1.62. The zero-order chi connectivity index (χ0) is 24.5. The van der Waals surface area contributed by atoms with Crippen molar-refractivity contribution in [3.63, 3.8) is 0 Å². The van der Waals surface area contributed by atoms with Crippen LogP contribution in [0.5, 0.6) is 11.5 Å². The lowest BCUT2D eigenvalue weighted by molar-refractivity contribution is 0.156. The number of hydrogen-bond acceptors (Lipinski definition) is 9. The summed E-state index contributed by atoms with van der Waals surface area (Å²) in [7, 11) is 1.45. The maximum absolute atomic E-state index is 15.3. The molecule has 0 unspecified atom stereocenters. The minimum atomic E-state index is -2.56. The minimum absolute atomic E-state index is 0.0701. The SMILES string of the molecule is Cc1c(Oc2ccn3ncnc3c2)ccc(Nc2ncnc3cnc(N(C)CC(F)F)nc23)c1F. The summed E-state index contributed by atoms with van der Waals surface area (Å²) in [5.74, 6) is 0.520. The third-order valence-electron chi connectivity index (χ3n) is 5.19. The summed E-state index contributed by atoms with van der Waals surface area (Å²) in [6.07, 6.45) is 3.23. The Bertz CT molecular complexity index is 1530. The second-order valence-electron chi connectivity index (χ2n) is 7.60. The van der Waals surface area contributed by atoms with Gasteiger partial charge < -0.3 is 15.0 Å². The van der Waals surface area contributed by atoms with Gasteiger partial charge in [-0.2, -0.15) is 5.10 Å². The van der Waals surface area contributed by atoms with Crippen molar-refractivity contribution in [3.8, 4) is 11.5 Å². The molecule has 1 N–H and O–H groups in total. The first-order valence-electron chi connectivity index (χ1n) is 10.4. The summed E-state index contributed by atoms with van der Waals surface area (Å²) < 4.78 is 48.2. The van der Waals surface area contributed by atoms with Crippen LogP contribution in [0.3, 0.4) is 0 Å². The zero-order valence-corrected chi connectivity index (χ0v) is 18.5. The Hall–Kier alpha value is -4.55. The Morgan fingerprint density at radius 3 is 2.80 bits per heavy atom. The number of benzene rings is 1. The van der Waals surface area contributed by atoms with E-state index in [1.165, 1.54) is 36.9 Å². The fourth-order valence-electron chi connectivity index (χ4n) is 3.40. The predicted octanol–water partition coefficient (Wildman–Crippen LogP) is 4.15. The maximum Gasteiger partial charge on any atom is 0.255 e. The van der Waals surface area contributed by atoms with Crippen LogP contribution in [0.25, 0.3) is 16.7 Å². The smallest absolute Gasteiger partial charge is 0.255 e. The van der Waals surface area contributed by atoms with Crippen molar-refractivity contribution in [3.05, 3.63) is 60.7 Å². The molecule has 0 saturated carbocycles. The lowest BCUT2D eigenvalue weighted by atomic mass is 10.1. The number of hydrogen-bond donors (Lipinski definition) is 1. The van der Waals surface area contributed by atoms with Crippen LogP contribution < -0.4 is 15.0 Å². The first kappa shape index (κ1) is 22.3. The number of alkyl halides is 2. The van der Waals surface area contributed by atoms with Gasteiger partial charge in [-0.05, 0) is 25.1 Å². The minimum Gasteiger partial charge on any atom is -0.457 e. The van der Waals surface area contributed by atoms with Crippen LogP contribution in [0, 0.1) is 12.7 Å². The highest BCUT2D eigenvalue weighted by Crippen LogP contribution is 2.32. The van der Waals surface area contributed by atoms with Gasteiger partial charge in [-0.1, -0.05) is 0 Å². The molecule has 13 heteroatoms. The van der Waals surface area contributed by atoms with Crippen molar-refractivity contribution in [2.24, 2.45) is 0 Å². The molecule has 0 aliphatic heterocycles. The van der Waals surface area contributed by atoms with Crippen molar-refractivity contribution in [2.45, 2.75) is 13.3 Å². The fourth-order valence-corrected chi connectivity index (χ4v) is 3.40. The summed E-state index contributed by atoms with van der Waals surface area (Å²) in [4.78, 5) is 21.9.